The highest BCUT2D eigenvalue weighted by Gasteiger charge is 2.59. The van der Waals surface area contributed by atoms with Gasteiger partial charge >= 0.3 is 6.09 Å². The van der Waals surface area contributed by atoms with Crippen LogP contribution < -0.4 is 9.64 Å². The number of carbonyl (C=O) groups is 2. The first-order chi connectivity index (χ1) is 17.6. The van der Waals surface area contributed by atoms with Crippen molar-refractivity contribution in [3.63, 3.8) is 0 Å². The monoisotopic (exact) mass is 502 g/mol. The van der Waals surface area contributed by atoms with Crippen LogP contribution in [0.5, 0.6) is 5.75 Å². The third kappa shape index (κ3) is 5.05. The van der Waals surface area contributed by atoms with Crippen LogP contribution >= 0.6 is 0 Å². The highest BCUT2D eigenvalue weighted by atomic mass is 16.6. The van der Waals surface area contributed by atoms with Crippen LogP contribution in [0.1, 0.15) is 43.4 Å². The summed E-state index contributed by atoms with van der Waals surface area (Å²) < 4.78 is 10.9. The third-order valence-corrected chi connectivity index (χ3v) is 6.56. The Hall–Kier alpha value is -4.20. The zero-order valence-electron chi connectivity index (χ0n) is 21.3. The Kier molecular flexibility index (Phi) is 7.03. The van der Waals surface area contributed by atoms with Gasteiger partial charge in [0.2, 0.25) is 12.5 Å². The molecule has 0 N–H and O–H groups in total. The first kappa shape index (κ1) is 25.9. The fourth-order valence-electron chi connectivity index (χ4n) is 5.04. The van der Waals surface area contributed by atoms with Crippen LogP contribution in [0.4, 0.5) is 10.5 Å². The molecule has 3 aromatic rings. The lowest BCUT2D eigenvalue weighted by Gasteiger charge is -2.35. The van der Waals surface area contributed by atoms with Crippen LogP contribution in [0.25, 0.3) is 0 Å². The van der Waals surface area contributed by atoms with E-state index in [0.717, 1.165) is 10.5 Å². The van der Waals surface area contributed by atoms with E-state index in [1.807, 2.05) is 18.2 Å². The molecule has 3 aromatic carbocycles. The lowest BCUT2D eigenvalue weighted by Crippen LogP contribution is -2.50. The number of amides is 2. The van der Waals surface area contributed by atoms with Crippen molar-refractivity contribution in [2.75, 3.05) is 18.6 Å². The average molecular weight is 503 g/mol. The number of anilines is 1. The molecule has 0 saturated carbocycles. The summed E-state index contributed by atoms with van der Waals surface area (Å²) in [5.41, 5.74) is 0.0714. The summed E-state index contributed by atoms with van der Waals surface area (Å²) in [5.74, 6) is -0.752. The second-order valence-corrected chi connectivity index (χ2v) is 10.1. The predicted octanol–water partition coefficient (Wildman–Crippen LogP) is 5.52. The topological polar surface area (TPSA) is 99.0 Å². The Morgan fingerprint density at radius 1 is 1.00 bits per heavy atom. The molecule has 1 heterocycles. The molecule has 0 saturated heterocycles. The van der Waals surface area contributed by atoms with E-state index in [4.69, 9.17) is 9.47 Å². The number of methoxy groups -OCH3 is 1. The fourth-order valence-corrected chi connectivity index (χ4v) is 5.04. The van der Waals surface area contributed by atoms with Crippen molar-refractivity contribution in [1.82, 2.24) is 0 Å². The molecule has 8 nitrogen and oxygen atoms in total. The van der Waals surface area contributed by atoms with E-state index in [0.29, 0.717) is 22.6 Å². The zero-order chi connectivity index (χ0) is 26.8. The summed E-state index contributed by atoms with van der Waals surface area (Å²) in [6.45, 7) is 4.67. The SMILES string of the molecule is COc1ccc(C[C@]2([C@@H](C[N+](=O)[O-])c3ccccc3)C(=O)N(C(=O)OC(C)(C)C)c3ccccc32)cc1. The third-order valence-electron chi connectivity index (χ3n) is 6.56. The summed E-state index contributed by atoms with van der Waals surface area (Å²) in [4.78, 5) is 40.5. The van der Waals surface area contributed by atoms with Crippen LogP contribution in [0.3, 0.4) is 0 Å². The van der Waals surface area contributed by atoms with Gasteiger partial charge in [-0.2, -0.15) is 0 Å². The normalized spacial score (nSPS) is 17.7. The van der Waals surface area contributed by atoms with E-state index in [2.05, 4.69) is 0 Å². The van der Waals surface area contributed by atoms with Gasteiger partial charge in [0, 0.05) is 4.92 Å². The molecule has 0 aromatic heterocycles. The largest absolute Gasteiger partial charge is 0.497 e. The Bertz CT molecular complexity index is 1300. The molecular weight excluding hydrogens is 472 g/mol. The van der Waals surface area contributed by atoms with Crippen LogP contribution in [0.15, 0.2) is 78.9 Å². The zero-order valence-corrected chi connectivity index (χ0v) is 21.3. The van der Waals surface area contributed by atoms with Gasteiger partial charge in [-0.25, -0.2) is 9.69 Å². The second-order valence-electron chi connectivity index (χ2n) is 10.1. The van der Waals surface area contributed by atoms with Crippen LogP contribution in [0, 0.1) is 10.1 Å². The number of imide groups is 1. The number of nitro groups is 1. The number of hydrogen-bond donors (Lipinski definition) is 0. The van der Waals surface area contributed by atoms with Crippen molar-refractivity contribution in [1.29, 1.82) is 0 Å². The van der Waals surface area contributed by atoms with E-state index < -0.39 is 40.4 Å². The van der Waals surface area contributed by atoms with Gasteiger partial charge in [0.1, 0.15) is 11.4 Å². The molecule has 0 unspecified atom stereocenters. The minimum atomic E-state index is -1.43. The van der Waals surface area contributed by atoms with E-state index in [1.165, 1.54) is 0 Å². The van der Waals surface area contributed by atoms with Crippen LogP contribution in [-0.2, 0) is 21.4 Å². The lowest BCUT2D eigenvalue weighted by atomic mass is 9.65. The molecule has 2 amide bonds. The molecule has 4 rings (SSSR count). The summed E-state index contributed by atoms with van der Waals surface area (Å²) >= 11 is 0. The van der Waals surface area contributed by atoms with E-state index >= 15 is 0 Å². The van der Waals surface area contributed by atoms with Crippen molar-refractivity contribution in [2.24, 2.45) is 0 Å². The predicted molar refractivity (Wildman–Crippen MR) is 140 cm³/mol. The summed E-state index contributed by atoms with van der Waals surface area (Å²) in [5, 5.41) is 12.0. The molecule has 8 heteroatoms. The Morgan fingerprint density at radius 3 is 2.22 bits per heavy atom. The lowest BCUT2D eigenvalue weighted by molar-refractivity contribution is -0.485. The number of rotatable bonds is 7. The Balaban J connectivity index is 1.96. The first-order valence-corrected chi connectivity index (χ1v) is 12.0. The summed E-state index contributed by atoms with van der Waals surface area (Å²) in [7, 11) is 1.56. The van der Waals surface area contributed by atoms with Gasteiger partial charge in [0.25, 0.3) is 0 Å². The van der Waals surface area contributed by atoms with Gasteiger partial charge in [0.15, 0.2) is 0 Å². The van der Waals surface area contributed by atoms with Gasteiger partial charge in [-0.3, -0.25) is 14.9 Å². The van der Waals surface area contributed by atoms with Gasteiger partial charge in [-0.1, -0.05) is 60.7 Å². The van der Waals surface area contributed by atoms with E-state index in [1.54, 1.807) is 88.5 Å². The molecular formula is C29H30N2O6. The molecule has 192 valence electrons. The maximum atomic E-state index is 14.5. The molecule has 2 atom stereocenters. The van der Waals surface area contributed by atoms with Crippen molar-refractivity contribution < 1.29 is 24.0 Å². The van der Waals surface area contributed by atoms with Crippen LogP contribution in [-0.4, -0.2) is 36.2 Å². The molecule has 37 heavy (non-hydrogen) atoms. The molecule has 1 aliphatic rings. The standard InChI is InChI=1S/C29H30N2O6/c1-28(2,3)37-27(33)31-25-13-9-8-12-23(25)29(26(31)32,18-20-14-16-22(36-4)17-15-20)24(19-30(34)35)21-10-6-5-7-11-21/h5-17,24H,18-19H2,1-4H3/t24-,29-/m0/s1. The number of fused-ring (bicyclic) bond motifs is 1. The van der Waals surface area contributed by atoms with E-state index in [-0.39, 0.29) is 6.42 Å². The molecule has 0 radical (unpaired) electrons. The van der Waals surface area contributed by atoms with Crippen LogP contribution in [0.2, 0.25) is 0 Å². The maximum Gasteiger partial charge on any atom is 0.421 e. The minimum Gasteiger partial charge on any atom is -0.497 e. The fraction of sp³-hybridized carbons (Fsp3) is 0.310. The second kappa shape index (κ2) is 10.0. The highest BCUT2D eigenvalue weighted by molar-refractivity contribution is 6.21. The quantitative estimate of drug-likeness (QED) is 0.312. The number of hydrogen-bond acceptors (Lipinski definition) is 6. The van der Waals surface area contributed by atoms with Gasteiger partial charge in [-0.15, -0.1) is 0 Å². The summed E-state index contributed by atoms with van der Waals surface area (Å²) in [6.07, 6.45) is -0.672. The Morgan fingerprint density at radius 2 is 1.62 bits per heavy atom. The average Bonchev–Trinajstić information content (AvgIpc) is 3.10. The maximum absolute atomic E-state index is 14.5. The molecule has 0 aliphatic carbocycles. The van der Waals surface area contributed by atoms with Gasteiger partial charge < -0.3 is 9.47 Å². The smallest absolute Gasteiger partial charge is 0.421 e. The number of carbonyl (C=O) groups excluding carboxylic acids is 2. The molecule has 1 aliphatic heterocycles. The van der Waals surface area contributed by atoms with Gasteiger partial charge in [-0.05, 0) is 62.1 Å². The van der Waals surface area contributed by atoms with Crippen molar-refractivity contribution >= 4 is 17.7 Å². The van der Waals surface area contributed by atoms with Gasteiger partial charge in [0.05, 0.1) is 24.1 Å². The molecule has 0 fully saturated rings. The number of benzene rings is 3. The molecule has 0 bridgehead atoms. The Labute approximate surface area is 216 Å². The van der Waals surface area contributed by atoms with Crippen molar-refractivity contribution in [2.45, 2.75) is 44.1 Å². The van der Waals surface area contributed by atoms with Crippen molar-refractivity contribution in [3.05, 3.63) is 106 Å². The minimum absolute atomic E-state index is 0.138. The van der Waals surface area contributed by atoms with E-state index in [9.17, 15) is 19.7 Å². The van der Waals surface area contributed by atoms with Crippen molar-refractivity contribution in [3.8, 4) is 5.75 Å². The number of para-hydroxylation sites is 1. The highest BCUT2D eigenvalue weighted by Crippen LogP contribution is 2.52. The number of ether oxygens (including phenoxy) is 2. The number of nitrogens with zero attached hydrogens (tertiary/aromatic N) is 2. The summed E-state index contributed by atoms with van der Waals surface area (Å²) in [6, 6.07) is 23.2. The first-order valence-electron chi connectivity index (χ1n) is 12.0. The molecule has 0 spiro atoms.